The average molecular weight is 314 g/mol. The maximum Gasteiger partial charge on any atom is 0.305 e. The molecule has 0 aliphatic heterocycles. The quantitative estimate of drug-likeness (QED) is 0.592. The van der Waals surface area contributed by atoms with Crippen molar-refractivity contribution >= 4 is 23.5 Å². The van der Waals surface area contributed by atoms with E-state index in [1.807, 2.05) is 0 Å². The fourth-order valence-electron chi connectivity index (χ4n) is 1.62. The number of ether oxygens (including phenoxy) is 2. The molecule has 1 rings (SSSR count). The van der Waals surface area contributed by atoms with Crippen molar-refractivity contribution in [2.75, 3.05) is 13.2 Å². The Labute approximate surface area is 129 Å². The van der Waals surface area contributed by atoms with Gasteiger partial charge < -0.3 is 14.8 Å². The molecule has 0 aliphatic carbocycles. The molecule has 1 aromatic rings. The predicted molar refractivity (Wildman–Crippen MR) is 80.4 cm³/mol. The molecule has 0 heterocycles. The third-order valence-electron chi connectivity index (χ3n) is 2.64. The SMILES string of the molecule is CCOC(=O)CCCNC(=O)C(C)Oc1cccc(Cl)c1. The molecule has 0 saturated heterocycles. The van der Waals surface area contributed by atoms with Gasteiger partial charge in [-0.25, -0.2) is 0 Å². The van der Waals surface area contributed by atoms with Gasteiger partial charge in [0, 0.05) is 18.0 Å². The van der Waals surface area contributed by atoms with Gasteiger partial charge in [-0.1, -0.05) is 17.7 Å². The van der Waals surface area contributed by atoms with E-state index >= 15 is 0 Å². The van der Waals surface area contributed by atoms with E-state index in [2.05, 4.69) is 5.32 Å². The Bertz CT molecular complexity index is 478. The maximum atomic E-state index is 11.8. The van der Waals surface area contributed by atoms with E-state index < -0.39 is 6.10 Å². The van der Waals surface area contributed by atoms with E-state index in [0.29, 0.717) is 30.3 Å². The zero-order valence-electron chi connectivity index (χ0n) is 12.2. The molecule has 0 spiro atoms. The second-order valence-corrected chi connectivity index (χ2v) is 4.85. The lowest BCUT2D eigenvalue weighted by molar-refractivity contribution is -0.143. The van der Waals surface area contributed by atoms with Gasteiger partial charge in [-0.15, -0.1) is 0 Å². The molecule has 21 heavy (non-hydrogen) atoms. The smallest absolute Gasteiger partial charge is 0.305 e. The standard InChI is InChI=1S/C15H20ClNO4/c1-3-20-14(18)8-5-9-17-15(19)11(2)21-13-7-4-6-12(16)10-13/h4,6-7,10-11H,3,5,8-9H2,1-2H3,(H,17,19). The lowest BCUT2D eigenvalue weighted by Gasteiger charge is -2.14. The van der Waals surface area contributed by atoms with Crippen LogP contribution in [0.25, 0.3) is 0 Å². The number of nitrogens with one attached hydrogen (secondary N) is 1. The average Bonchev–Trinajstić information content (AvgIpc) is 2.43. The van der Waals surface area contributed by atoms with Crippen LogP contribution in [0.1, 0.15) is 26.7 Å². The summed E-state index contributed by atoms with van der Waals surface area (Å²) >= 11 is 5.84. The van der Waals surface area contributed by atoms with Gasteiger partial charge in [0.15, 0.2) is 6.10 Å². The lowest BCUT2D eigenvalue weighted by atomic mass is 10.3. The molecular formula is C15H20ClNO4. The van der Waals surface area contributed by atoms with Crippen LogP contribution in [0.5, 0.6) is 5.75 Å². The van der Waals surface area contributed by atoms with Crippen molar-refractivity contribution in [1.82, 2.24) is 5.32 Å². The zero-order chi connectivity index (χ0) is 15.7. The van der Waals surface area contributed by atoms with Gasteiger partial charge in [-0.3, -0.25) is 9.59 Å². The minimum absolute atomic E-state index is 0.237. The number of hydrogen-bond acceptors (Lipinski definition) is 4. The fourth-order valence-corrected chi connectivity index (χ4v) is 1.80. The molecule has 1 amide bonds. The summed E-state index contributed by atoms with van der Waals surface area (Å²) in [7, 11) is 0. The summed E-state index contributed by atoms with van der Waals surface area (Å²) in [6.45, 7) is 4.19. The third kappa shape index (κ3) is 6.99. The zero-order valence-corrected chi connectivity index (χ0v) is 13.0. The van der Waals surface area contributed by atoms with Crippen molar-refractivity contribution in [2.24, 2.45) is 0 Å². The highest BCUT2D eigenvalue weighted by Gasteiger charge is 2.14. The van der Waals surface area contributed by atoms with Gasteiger partial charge in [-0.05, 0) is 38.5 Å². The van der Waals surface area contributed by atoms with Crippen LogP contribution in [0.3, 0.4) is 0 Å². The summed E-state index contributed by atoms with van der Waals surface area (Å²) in [4.78, 5) is 22.9. The number of amides is 1. The van der Waals surface area contributed by atoms with E-state index in [1.54, 1.807) is 38.1 Å². The topological polar surface area (TPSA) is 64.6 Å². The molecule has 0 fully saturated rings. The maximum absolute atomic E-state index is 11.8. The minimum Gasteiger partial charge on any atom is -0.481 e. The Hall–Kier alpha value is -1.75. The van der Waals surface area contributed by atoms with Crippen LogP contribution in [-0.4, -0.2) is 31.1 Å². The van der Waals surface area contributed by atoms with Crippen molar-refractivity contribution in [3.63, 3.8) is 0 Å². The number of rotatable bonds is 8. The second kappa shape index (κ2) is 9.23. The van der Waals surface area contributed by atoms with Crippen molar-refractivity contribution in [2.45, 2.75) is 32.8 Å². The number of halogens is 1. The van der Waals surface area contributed by atoms with Gasteiger partial charge in [0.2, 0.25) is 0 Å². The molecule has 0 bridgehead atoms. The largest absolute Gasteiger partial charge is 0.481 e. The summed E-state index contributed by atoms with van der Waals surface area (Å²) in [5.41, 5.74) is 0. The summed E-state index contributed by atoms with van der Waals surface area (Å²) in [6, 6.07) is 6.86. The van der Waals surface area contributed by atoms with Crippen LogP contribution in [0.2, 0.25) is 5.02 Å². The molecule has 116 valence electrons. The third-order valence-corrected chi connectivity index (χ3v) is 2.88. The van der Waals surface area contributed by atoms with Crippen LogP contribution in [-0.2, 0) is 14.3 Å². The van der Waals surface area contributed by atoms with Gasteiger partial charge in [0.25, 0.3) is 5.91 Å². The minimum atomic E-state index is -0.633. The molecule has 1 unspecified atom stereocenters. The Morgan fingerprint density at radius 3 is 2.81 bits per heavy atom. The van der Waals surface area contributed by atoms with Crippen molar-refractivity contribution in [3.05, 3.63) is 29.3 Å². The highest BCUT2D eigenvalue weighted by Crippen LogP contribution is 2.18. The normalized spacial score (nSPS) is 11.6. The van der Waals surface area contributed by atoms with Crippen LogP contribution in [0, 0.1) is 0 Å². The van der Waals surface area contributed by atoms with E-state index in [0.717, 1.165) is 0 Å². The van der Waals surface area contributed by atoms with Crippen LogP contribution in [0.15, 0.2) is 24.3 Å². The van der Waals surface area contributed by atoms with E-state index in [4.69, 9.17) is 21.1 Å². The molecule has 1 atom stereocenters. The Morgan fingerprint density at radius 2 is 2.14 bits per heavy atom. The molecule has 0 aromatic heterocycles. The molecule has 5 nitrogen and oxygen atoms in total. The summed E-state index contributed by atoms with van der Waals surface area (Å²) < 4.78 is 10.3. The van der Waals surface area contributed by atoms with Gasteiger partial charge in [0.05, 0.1) is 6.61 Å². The number of hydrogen-bond donors (Lipinski definition) is 1. The summed E-state index contributed by atoms with van der Waals surface area (Å²) in [5.74, 6) is 0.0467. The van der Waals surface area contributed by atoms with Crippen molar-refractivity contribution < 1.29 is 19.1 Å². The second-order valence-electron chi connectivity index (χ2n) is 4.42. The van der Waals surface area contributed by atoms with Crippen LogP contribution >= 0.6 is 11.6 Å². The van der Waals surface area contributed by atoms with Crippen LogP contribution < -0.4 is 10.1 Å². The van der Waals surface area contributed by atoms with Crippen molar-refractivity contribution in [3.8, 4) is 5.75 Å². The predicted octanol–water partition coefficient (Wildman–Crippen LogP) is 2.57. The molecule has 1 N–H and O–H groups in total. The van der Waals surface area contributed by atoms with E-state index in [1.165, 1.54) is 0 Å². The molecule has 0 aliphatic rings. The van der Waals surface area contributed by atoms with Gasteiger partial charge >= 0.3 is 5.97 Å². The van der Waals surface area contributed by atoms with E-state index in [-0.39, 0.29) is 18.3 Å². The fraction of sp³-hybridized carbons (Fsp3) is 0.467. The molecule has 0 saturated carbocycles. The Morgan fingerprint density at radius 1 is 1.38 bits per heavy atom. The molecular weight excluding hydrogens is 294 g/mol. The summed E-state index contributed by atoms with van der Waals surface area (Å²) in [6.07, 6.45) is 0.192. The first kappa shape index (κ1) is 17.3. The van der Waals surface area contributed by atoms with Crippen LogP contribution in [0.4, 0.5) is 0 Å². The monoisotopic (exact) mass is 313 g/mol. The lowest BCUT2D eigenvalue weighted by Crippen LogP contribution is -2.37. The van der Waals surface area contributed by atoms with Gasteiger partial charge in [-0.2, -0.15) is 0 Å². The first-order chi connectivity index (χ1) is 10.0. The summed E-state index contributed by atoms with van der Waals surface area (Å²) in [5, 5.41) is 3.26. The first-order valence-electron chi connectivity index (χ1n) is 6.88. The molecule has 0 radical (unpaired) electrons. The van der Waals surface area contributed by atoms with Crippen molar-refractivity contribution in [1.29, 1.82) is 0 Å². The number of carbonyl (C=O) groups excluding carboxylic acids is 2. The number of carbonyl (C=O) groups is 2. The highest BCUT2D eigenvalue weighted by molar-refractivity contribution is 6.30. The Balaban J connectivity index is 2.27. The number of esters is 1. The highest BCUT2D eigenvalue weighted by atomic mass is 35.5. The molecule has 6 heteroatoms. The van der Waals surface area contributed by atoms with Gasteiger partial charge in [0.1, 0.15) is 5.75 Å². The van der Waals surface area contributed by atoms with E-state index in [9.17, 15) is 9.59 Å². The number of benzene rings is 1. The first-order valence-corrected chi connectivity index (χ1v) is 7.26. The Kier molecular flexibility index (Phi) is 7.61. The molecule has 1 aromatic carbocycles.